The molecule has 0 bridgehead atoms. The maximum atomic E-state index is 4.52. The average molecular weight is 235 g/mol. The molecule has 0 aliphatic heterocycles. The summed E-state index contributed by atoms with van der Waals surface area (Å²) in [5, 5.41) is 3.93. The molecule has 2 heterocycles. The topological polar surface area (TPSA) is 12.9 Å². The highest BCUT2D eigenvalue weighted by Gasteiger charge is 2.08. The van der Waals surface area contributed by atoms with E-state index in [-0.39, 0.29) is 0 Å². The fraction of sp³-hybridized carbons (Fsp3) is 0. The van der Waals surface area contributed by atoms with Gasteiger partial charge in [0, 0.05) is 27.1 Å². The molecule has 2 aromatic heterocycles. The van der Waals surface area contributed by atoms with Gasteiger partial charge in [-0.2, -0.15) is 0 Å². The normalized spacial score (nSPS) is 11.5. The Balaban J connectivity index is 2.38. The maximum absolute atomic E-state index is 4.52. The third-order valence-electron chi connectivity index (χ3n) is 3.12. The number of para-hydroxylation sites is 1. The smallest absolute Gasteiger partial charge is 0.0709 e. The summed E-state index contributed by atoms with van der Waals surface area (Å²) in [6.45, 7) is 0. The van der Waals surface area contributed by atoms with Crippen LogP contribution in [0, 0.1) is 0 Å². The Morgan fingerprint density at radius 2 is 1.53 bits per heavy atom. The zero-order valence-corrected chi connectivity index (χ0v) is 9.87. The van der Waals surface area contributed by atoms with Crippen molar-refractivity contribution >= 4 is 42.4 Å². The van der Waals surface area contributed by atoms with E-state index < -0.39 is 0 Å². The molecule has 0 radical (unpaired) electrons. The van der Waals surface area contributed by atoms with E-state index in [0.717, 1.165) is 5.52 Å². The van der Waals surface area contributed by atoms with Gasteiger partial charge in [0.2, 0.25) is 0 Å². The van der Waals surface area contributed by atoms with Gasteiger partial charge < -0.3 is 0 Å². The van der Waals surface area contributed by atoms with Gasteiger partial charge in [-0.25, -0.2) is 0 Å². The Morgan fingerprint density at radius 1 is 0.765 bits per heavy atom. The average Bonchev–Trinajstić information content (AvgIpc) is 2.77. The summed E-state index contributed by atoms with van der Waals surface area (Å²) in [6.07, 6.45) is 1.99. The van der Waals surface area contributed by atoms with Crippen molar-refractivity contribution in [3.63, 3.8) is 0 Å². The van der Waals surface area contributed by atoms with E-state index in [4.69, 9.17) is 0 Å². The van der Waals surface area contributed by atoms with Crippen LogP contribution in [0.15, 0.2) is 54.7 Å². The van der Waals surface area contributed by atoms with Crippen LogP contribution in [0.5, 0.6) is 0 Å². The monoisotopic (exact) mass is 235 g/mol. The van der Waals surface area contributed by atoms with Crippen LogP contribution in [0.3, 0.4) is 0 Å². The quantitative estimate of drug-likeness (QED) is 0.434. The molecule has 4 rings (SSSR count). The molecule has 17 heavy (non-hydrogen) atoms. The molecule has 0 N–H and O–H groups in total. The van der Waals surface area contributed by atoms with Crippen molar-refractivity contribution in [3.8, 4) is 0 Å². The van der Waals surface area contributed by atoms with Crippen molar-refractivity contribution in [2.24, 2.45) is 0 Å². The SMILES string of the molecule is c1ccc2c(c1)ncc1sc3ccccc3c12. The van der Waals surface area contributed by atoms with E-state index in [1.54, 1.807) is 0 Å². The van der Waals surface area contributed by atoms with E-state index in [1.165, 1.54) is 25.6 Å². The molecule has 0 fully saturated rings. The van der Waals surface area contributed by atoms with E-state index in [2.05, 4.69) is 47.4 Å². The van der Waals surface area contributed by atoms with Crippen LogP contribution >= 0.6 is 11.3 Å². The van der Waals surface area contributed by atoms with Crippen molar-refractivity contribution in [1.29, 1.82) is 0 Å². The van der Waals surface area contributed by atoms with Crippen LogP contribution in [-0.2, 0) is 0 Å². The molecule has 0 saturated carbocycles. The fourth-order valence-corrected chi connectivity index (χ4v) is 3.45. The van der Waals surface area contributed by atoms with Gasteiger partial charge in [0.1, 0.15) is 0 Å². The van der Waals surface area contributed by atoms with Crippen LogP contribution < -0.4 is 0 Å². The van der Waals surface area contributed by atoms with Gasteiger partial charge >= 0.3 is 0 Å². The molecular formula is C15H9NS. The summed E-state index contributed by atoms with van der Waals surface area (Å²) in [7, 11) is 0. The highest BCUT2D eigenvalue weighted by molar-refractivity contribution is 7.26. The first-order chi connectivity index (χ1) is 8.43. The van der Waals surface area contributed by atoms with Gasteiger partial charge in [0.15, 0.2) is 0 Å². The van der Waals surface area contributed by atoms with Crippen molar-refractivity contribution in [3.05, 3.63) is 54.7 Å². The number of nitrogens with zero attached hydrogens (tertiary/aromatic N) is 1. The predicted molar refractivity (Wildman–Crippen MR) is 74.6 cm³/mol. The number of rotatable bonds is 0. The molecule has 2 heteroatoms. The Kier molecular flexibility index (Phi) is 1.76. The van der Waals surface area contributed by atoms with E-state index in [0.29, 0.717) is 0 Å². The Bertz CT molecular complexity index is 839. The van der Waals surface area contributed by atoms with Gasteiger partial charge in [-0.3, -0.25) is 4.98 Å². The standard InChI is InChI=1S/C15H9NS/c1-3-7-12-10(5-1)15-11-6-2-4-8-13(11)17-14(15)9-16-12/h1-9H. The lowest BCUT2D eigenvalue weighted by Gasteiger charge is -1.98. The third kappa shape index (κ3) is 1.22. The molecule has 0 spiro atoms. The second-order valence-electron chi connectivity index (χ2n) is 4.11. The molecule has 0 atom stereocenters. The molecule has 1 nitrogen and oxygen atoms in total. The number of pyridine rings is 1. The van der Waals surface area contributed by atoms with Gasteiger partial charge in [-0.15, -0.1) is 11.3 Å². The maximum Gasteiger partial charge on any atom is 0.0709 e. The predicted octanol–water partition coefficient (Wildman–Crippen LogP) is 4.60. The lowest BCUT2D eigenvalue weighted by Crippen LogP contribution is -1.77. The number of benzene rings is 2. The molecule has 0 saturated heterocycles. The van der Waals surface area contributed by atoms with E-state index in [1.807, 2.05) is 23.6 Å². The number of fused-ring (bicyclic) bond motifs is 5. The van der Waals surface area contributed by atoms with Gasteiger partial charge in [-0.05, 0) is 12.1 Å². The van der Waals surface area contributed by atoms with Crippen molar-refractivity contribution < 1.29 is 0 Å². The largest absolute Gasteiger partial charge is 0.255 e. The van der Waals surface area contributed by atoms with Crippen LogP contribution in [0.1, 0.15) is 0 Å². The molecular weight excluding hydrogens is 226 g/mol. The fourth-order valence-electron chi connectivity index (χ4n) is 2.36. The van der Waals surface area contributed by atoms with Crippen molar-refractivity contribution in [2.45, 2.75) is 0 Å². The number of aromatic nitrogens is 1. The first kappa shape index (κ1) is 9.14. The van der Waals surface area contributed by atoms with Crippen molar-refractivity contribution in [2.75, 3.05) is 0 Å². The minimum Gasteiger partial charge on any atom is -0.255 e. The molecule has 4 aromatic rings. The lowest BCUT2D eigenvalue weighted by atomic mass is 10.1. The highest BCUT2D eigenvalue weighted by Crippen LogP contribution is 2.36. The second kappa shape index (κ2) is 3.28. The molecule has 0 aliphatic carbocycles. The van der Waals surface area contributed by atoms with Crippen LogP contribution in [0.2, 0.25) is 0 Å². The lowest BCUT2D eigenvalue weighted by molar-refractivity contribution is 1.46. The first-order valence-corrected chi connectivity index (χ1v) is 6.40. The number of thiophene rings is 1. The minimum absolute atomic E-state index is 1.07. The zero-order valence-electron chi connectivity index (χ0n) is 9.05. The Labute approximate surface area is 102 Å². The molecule has 80 valence electrons. The number of hydrogen-bond donors (Lipinski definition) is 0. The summed E-state index contributed by atoms with van der Waals surface area (Å²) >= 11 is 1.81. The summed E-state index contributed by atoms with van der Waals surface area (Å²) in [5.74, 6) is 0. The third-order valence-corrected chi connectivity index (χ3v) is 4.22. The highest BCUT2D eigenvalue weighted by atomic mass is 32.1. The summed E-state index contributed by atoms with van der Waals surface area (Å²) < 4.78 is 2.60. The molecule has 2 aromatic carbocycles. The second-order valence-corrected chi connectivity index (χ2v) is 5.20. The van der Waals surface area contributed by atoms with Gasteiger partial charge in [0.05, 0.1) is 10.2 Å². The molecule has 0 amide bonds. The summed E-state index contributed by atoms with van der Waals surface area (Å²) in [6, 6.07) is 16.9. The summed E-state index contributed by atoms with van der Waals surface area (Å²) in [4.78, 5) is 4.52. The van der Waals surface area contributed by atoms with Crippen LogP contribution in [0.4, 0.5) is 0 Å². The Morgan fingerprint density at radius 3 is 2.47 bits per heavy atom. The van der Waals surface area contributed by atoms with Crippen LogP contribution in [-0.4, -0.2) is 4.98 Å². The Hall–Kier alpha value is -1.93. The molecule has 0 unspecified atom stereocenters. The van der Waals surface area contributed by atoms with Gasteiger partial charge in [0.25, 0.3) is 0 Å². The zero-order chi connectivity index (χ0) is 11.2. The van der Waals surface area contributed by atoms with E-state index >= 15 is 0 Å². The number of hydrogen-bond acceptors (Lipinski definition) is 2. The first-order valence-electron chi connectivity index (χ1n) is 5.58. The van der Waals surface area contributed by atoms with Gasteiger partial charge in [-0.1, -0.05) is 36.4 Å². The summed E-state index contributed by atoms with van der Waals surface area (Å²) in [5.41, 5.74) is 1.07. The minimum atomic E-state index is 1.07. The van der Waals surface area contributed by atoms with Crippen LogP contribution in [0.25, 0.3) is 31.1 Å². The van der Waals surface area contributed by atoms with E-state index in [9.17, 15) is 0 Å². The molecule has 0 aliphatic rings. The van der Waals surface area contributed by atoms with Crippen molar-refractivity contribution in [1.82, 2.24) is 4.98 Å².